The highest BCUT2D eigenvalue weighted by Gasteiger charge is 2.22. The van der Waals surface area contributed by atoms with Crippen LogP contribution in [0.4, 0.5) is 4.79 Å². The number of ether oxygens (including phenoxy) is 2. The molecule has 6 nitrogen and oxygen atoms in total. The molecule has 1 aromatic heterocycles. The van der Waals surface area contributed by atoms with Crippen molar-refractivity contribution >= 4 is 6.03 Å². The van der Waals surface area contributed by atoms with E-state index in [1.54, 1.807) is 38.5 Å². The second kappa shape index (κ2) is 7.77. The summed E-state index contributed by atoms with van der Waals surface area (Å²) in [6.45, 7) is 3.82. The maximum absolute atomic E-state index is 12.5. The lowest BCUT2D eigenvalue weighted by Gasteiger charge is -2.26. The van der Waals surface area contributed by atoms with Crippen molar-refractivity contribution in [2.75, 3.05) is 21.3 Å². The fourth-order valence-corrected chi connectivity index (χ4v) is 2.44. The van der Waals surface area contributed by atoms with Crippen LogP contribution in [0.5, 0.6) is 11.5 Å². The molecule has 24 heavy (non-hydrogen) atoms. The highest BCUT2D eigenvalue weighted by molar-refractivity contribution is 5.75. The van der Waals surface area contributed by atoms with Gasteiger partial charge in [-0.1, -0.05) is 0 Å². The first-order chi connectivity index (χ1) is 11.5. The molecular formula is C18H24N2O4. The van der Waals surface area contributed by atoms with Gasteiger partial charge >= 0.3 is 6.03 Å². The summed E-state index contributed by atoms with van der Waals surface area (Å²) in [6, 6.07) is 8.62. The van der Waals surface area contributed by atoms with Crippen LogP contribution >= 0.6 is 0 Å². The molecular weight excluding hydrogens is 308 g/mol. The van der Waals surface area contributed by atoms with Crippen molar-refractivity contribution in [3.05, 3.63) is 47.9 Å². The molecule has 0 spiro atoms. The number of methoxy groups -OCH3 is 2. The van der Waals surface area contributed by atoms with E-state index in [2.05, 4.69) is 5.32 Å². The summed E-state index contributed by atoms with van der Waals surface area (Å²) in [5.74, 6) is 2.11. The highest BCUT2D eigenvalue weighted by Crippen LogP contribution is 2.29. The van der Waals surface area contributed by atoms with Crippen LogP contribution in [0, 0.1) is 0 Å². The third-order valence-corrected chi connectivity index (χ3v) is 4.10. The van der Waals surface area contributed by atoms with Crippen LogP contribution in [0.1, 0.15) is 37.3 Å². The summed E-state index contributed by atoms with van der Waals surface area (Å²) in [7, 11) is 4.93. The Morgan fingerprint density at radius 1 is 1.21 bits per heavy atom. The zero-order valence-corrected chi connectivity index (χ0v) is 14.7. The van der Waals surface area contributed by atoms with E-state index in [-0.39, 0.29) is 18.1 Å². The number of rotatable bonds is 6. The summed E-state index contributed by atoms with van der Waals surface area (Å²) in [5, 5.41) is 2.98. The van der Waals surface area contributed by atoms with Crippen molar-refractivity contribution in [3.63, 3.8) is 0 Å². The average Bonchev–Trinajstić information content (AvgIpc) is 3.14. The molecule has 1 aromatic carbocycles. The Labute approximate surface area is 142 Å². The zero-order valence-electron chi connectivity index (χ0n) is 14.7. The number of carbonyl (C=O) groups is 1. The molecule has 0 fully saturated rings. The Bertz CT molecular complexity index is 670. The summed E-state index contributed by atoms with van der Waals surface area (Å²) in [6.07, 6.45) is 1.60. The largest absolute Gasteiger partial charge is 0.497 e. The van der Waals surface area contributed by atoms with E-state index < -0.39 is 0 Å². The van der Waals surface area contributed by atoms with Crippen LogP contribution in [0.15, 0.2) is 41.0 Å². The van der Waals surface area contributed by atoms with Crippen LogP contribution in [-0.4, -0.2) is 32.2 Å². The third-order valence-electron chi connectivity index (χ3n) is 4.10. The zero-order chi connectivity index (χ0) is 17.7. The molecule has 0 bridgehead atoms. The third kappa shape index (κ3) is 3.82. The van der Waals surface area contributed by atoms with Gasteiger partial charge in [-0.25, -0.2) is 4.79 Å². The summed E-state index contributed by atoms with van der Waals surface area (Å²) < 4.78 is 16.0. The quantitative estimate of drug-likeness (QED) is 0.875. The van der Waals surface area contributed by atoms with Gasteiger partial charge in [0.15, 0.2) is 0 Å². The molecule has 2 amide bonds. The predicted molar refractivity (Wildman–Crippen MR) is 91.4 cm³/mol. The van der Waals surface area contributed by atoms with Crippen molar-refractivity contribution in [1.29, 1.82) is 0 Å². The lowest BCUT2D eigenvalue weighted by Crippen LogP contribution is -2.39. The fourth-order valence-electron chi connectivity index (χ4n) is 2.44. The normalized spacial score (nSPS) is 13.0. The number of urea groups is 1. The number of hydrogen-bond acceptors (Lipinski definition) is 4. The smallest absolute Gasteiger partial charge is 0.318 e. The minimum atomic E-state index is -0.218. The number of nitrogens with one attached hydrogen (secondary N) is 1. The Balaban J connectivity index is 2.08. The topological polar surface area (TPSA) is 63.9 Å². The molecule has 1 heterocycles. The van der Waals surface area contributed by atoms with Crippen LogP contribution in [0.3, 0.4) is 0 Å². The predicted octanol–water partition coefficient (Wildman–Crippen LogP) is 3.76. The van der Waals surface area contributed by atoms with Gasteiger partial charge in [0.05, 0.1) is 32.6 Å². The minimum absolute atomic E-state index is 0.162. The van der Waals surface area contributed by atoms with Crippen LogP contribution in [-0.2, 0) is 0 Å². The number of hydrogen-bond donors (Lipinski definition) is 1. The number of nitrogens with zero attached hydrogens (tertiary/aromatic N) is 1. The maximum atomic E-state index is 12.5. The van der Waals surface area contributed by atoms with Crippen LogP contribution in [0.2, 0.25) is 0 Å². The van der Waals surface area contributed by atoms with Gasteiger partial charge in [0.1, 0.15) is 17.3 Å². The van der Waals surface area contributed by atoms with Crippen molar-refractivity contribution in [1.82, 2.24) is 10.2 Å². The molecule has 6 heteroatoms. The number of amides is 2. The summed E-state index contributed by atoms with van der Waals surface area (Å²) in [4.78, 5) is 14.1. The standard InChI is InChI=1S/C18H24N2O4/c1-12(15-9-8-14(22-4)11-17(15)23-5)19-18(21)20(3)13(2)16-7-6-10-24-16/h6-13H,1-5H3,(H,19,21). The van der Waals surface area contributed by atoms with Crippen molar-refractivity contribution < 1.29 is 18.7 Å². The second-order valence-corrected chi connectivity index (χ2v) is 5.58. The monoisotopic (exact) mass is 332 g/mol. The van der Waals surface area contributed by atoms with Gasteiger partial charge in [-0.05, 0) is 38.1 Å². The minimum Gasteiger partial charge on any atom is -0.497 e. The van der Waals surface area contributed by atoms with E-state index in [1.807, 2.05) is 38.1 Å². The van der Waals surface area contributed by atoms with Crippen LogP contribution < -0.4 is 14.8 Å². The molecule has 0 aliphatic carbocycles. The molecule has 0 aliphatic rings. The lowest BCUT2D eigenvalue weighted by atomic mass is 10.1. The Hall–Kier alpha value is -2.63. The van der Waals surface area contributed by atoms with Gasteiger partial charge in [0.25, 0.3) is 0 Å². The maximum Gasteiger partial charge on any atom is 0.318 e. The molecule has 1 N–H and O–H groups in total. The summed E-state index contributed by atoms with van der Waals surface area (Å²) in [5.41, 5.74) is 0.880. The van der Waals surface area contributed by atoms with E-state index in [0.29, 0.717) is 11.5 Å². The first-order valence-electron chi connectivity index (χ1n) is 7.76. The Kier molecular flexibility index (Phi) is 5.73. The van der Waals surface area contributed by atoms with Crippen LogP contribution in [0.25, 0.3) is 0 Å². The molecule has 2 rings (SSSR count). The van der Waals surface area contributed by atoms with E-state index >= 15 is 0 Å². The summed E-state index contributed by atoms with van der Waals surface area (Å²) >= 11 is 0. The molecule has 0 radical (unpaired) electrons. The fraction of sp³-hybridized carbons (Fsp3) is 0.389. The number of carbonyl (C=O) groups excluding carboxylic acids is 1. The average molecular weight is 332 g/mol. The number of furan rings is 1. The van der Waals surface area contributed by atoms with Gasteiger partial charge in [-0.2, -0.15) is 0 Å². The van der Waals surface area contributed by atoms with Gasteiger partial charge in [0.2, 0.25) is 0 Å². The SMILES string of the molecule is COc1ccc(C(C)NC(=O)N(C)C(C)c2ccco2)c(OC)c1. The molecule has 0 saturated carbocycles. The van der Waals surface area contributed by atoms with Gasteiger partial charge in [-0.15, -0.1) is 0 Å². The first kappa shape index (κ1) is 17.7. The number of benzene rings is 1. The Morgan fingerprint density at radius 3 is 2.54 bits per heavy atom. The molecule has 0 aliphatic heterocycles. The van der Waals surface area contributed by atoms with Gasteiger partial charge < -0.3 is 24.1 Å². The molecule has 130 valence electrons. The van der Waals surface area contributed by atoms with Crippen molar-refractivity contribution in [2.24, 2.45) is 0 Å². The van der Waals surface area contributed by atoms with Crippen molar-refractivity contribution in [3.8, 4) is 11.5 Å². The van der Waals surface area contributed by atoms with Gasteiger partial charge in [0, 0.05) is 18.7 Å². The van der Waals surface area contributed by atoms with Crippen molar-refractivity contribution in [2.45, 2.75) is 25.9 Å². The molecule has 2 atom stereocenters. The van der Waals surface area contributed by atoms with E-state index in [4.69, 9.17) is 13.9 Å². The van der Waals surface area contributed by atoms with E-state index in [0.717, 1.165) is 11.3 Å². The molecule has 2 aromatic rings. The first-order valence-corrected chi connectivity index (χ1v) is 7.76. The Morgan fingerprint density at radius 2 is 1.96 bits per heavy atom. The van der Waals surface area contributed by atoms with E-state index in [9.17, 15) is 4.79 Å². The molecule has 0 saturated heterocycles. The second-order valence-electron chi connectivity index (χ2n) is 5.58. The lowest BCUT2D eigenvalue weighted by molar-refractivity contribution is 0.184. The van der Waals surface area contributed by atoms with E-state index in [1.165, 1.54) is 0 Å². The highest BCUT2D eigenvalue weighted by atomic mass is 16.5. The van der Waals surface area contributed by atoms with Gasteiger partial charge in [-0.3, -0.25) is 0 Å². The molecule has 2 unspecified atom stereocenters.